The van der Waals surface area contributed by atoms with Crippen LogP contribution in [0.15, 0.2) is 18.2 Å². The van der Waals surface area contributed by atoms with E-state index in [9.17, 15) is 0 Å². The number of halogens is 3. The lowest BCUT2D eigenvalue weighted by molar-refractivity contribution is 0.0665. The molecular weight excluding hydrogens is 408 g/mol. The van der Waals surface area contributed by atoms with E-state index in [0.29, 0.717) is 11.1 Å². The van der Waals surface area contributed by atoms with Gasteiger partial charge in [-0.1, -0.05) is 23.2 Å². The summed E-state index contributed by atoms with van der Waals surface area (Å²) in [5.41, 5.74) is 1.84. The molecule has 2 nitrogen and oxygen atoms in total. The number of fused-ring (bicyclic) bond motifs is 1. The van der Waals surface area contributed by atoms with E-state index in [1.807, 2.05) is 12.1 Å². The largest absolute Gasteiger partial charge is 0.381 e. The molecule has 1 aromatic carbocycles. The lowest BCUT2D eigenvalue weighted by Gasteiger charge is -2.23. The first-order chi connectivity index (χ1) is 9.65. The number of ether oxygens (including phenoxy) is 1. The summed E-state index contributed by atoms with van der Waals surface area (Å²) < 4.78 is 6.55. The van der Waals surface area contributed by atoms with Crippen LogP contribution in [0.5, 0.6) is 0 Å². The Hall–Kier alpha value is -0.100. The van der Waals surface area contributed by atoms with Crippen LogP contribution in [0, 0.1) is 9.49 Å². The van der Waals surface area contributed by atoms with E-state index in [0.717, 1.165) is 57.5 Å². The number of hydrogen-bond donors (Lipinski definition) is 0. The fraction of sp³-hybridized carbons (Fsp3) is 0.400. The van der Waals surface area contributed by atoms with Crippen molar-refractivity contribution in [1.82, 2.24) is 4.98 Å². The molecule has 0 unspecified atom stereocenters. The fourth-order valence-electron chi connectivity index (χ4n) is 2.62. The molecule has 20 heavy (non-hydrogen) atoms. The molecule has 2 heterocycles. The topological polar surface area (TPSA) is 22.1 Å². The number of hydrogen-bond acceptors (Lipinski definition) is 2. The van der Waals surface area contributed by atoms with Crippen LogP contribution in [0.3, 0.4) is 0 Å². The zero-order valence-corrected chi connectivity index (χ0v) is 14.5. The van der Waals surface area contributed by atoms with Gasteiger partial charge in [-0.3, -0.25) is 0 Å². The second-order valence-electron chi connectivity index (χ2n) is 5.12. The highest BCUT2D eigenvalue weighted by Crippen LogP contribution is 2.34. The van der Waals surface area contributed by atoms with E-state index in [2.05, 4.69) is 33.6 Å². The number of benzene rings is 1. The van der Waals surface area contributed by atoms with Gasteiger partial charge in [0.1, 0.15) is 5.15 Å². The van der Waals surface area contributed by atoms with Gasteiger partial charge < -0.3 is 4.74 Å². The molecule has 1 saturated heterocycles. The molecule has 1 aliphatic rings. The SMILES string of the molecule is Clc1nc2ccc(I)cc2c(Cl)c1CC1CCOCC1. The zero-order chi connectivity index (χ0) is 14.1. The summed E-state index contributed by atoms with van der Waals surface area (Å²) >= 11 is 15.2. The Bertz CT molecular complexity index is 641. The van der Waals surface area contributed by atoms with Crippen LogP contribution in [-0.2, 0) is 11.2 Å². The number of pyridine rings is 1. The number of rotatable bonds is 2. The van der Waals surface area contributed by atoms with Crippen LogP contribution in [0.4, 0.5) is 0 Å². The zero-order valence-electron chi connectivity index (χ0n) is 10.8. The van der Waals surface area contributed by atoms with Crippen molar-refractivity contribution in [3.63, 3.8) is 0 Å². The molecule has 0 atom stereocenters. The summed E-state index contributed by atoms with van der Waals surface area (Å²) in [5.74, 6) is 0.584. The smallest absolute Gasteiger partial charge is 0.134 e. The van der Waals surface area contributed by atoms with Crippen molar-refractivity contribution in [1.29, 1.82) is 0 Å². The molecule has 0 amide bonds. The molecule has 5 heteroatoms. The molecule has 0 radical (unpaired) electrons. The average Bonchev–Trinajstić information content (AvgIpc) is 2.46. The highest BCUT2D eigenvalue weighted by molar-refractivity contribution is 14.1. The number of nitrogens with zero attached hydrogens (tertiary/aromatic N) is 1. The van der Waals surface area contributed by atoms with Crippen molar-refractivity contribution in [3.05, 3.63) is 37.5 Å². The lowest BCUT2D eigenvalue weighted by Crippen LogP contribution is -2.18. The van der Waals surface area contributed by atoms with E-state index >= 15 is 0 Å². The van der Waals surface area contributed by atoms with Crippen LogP contribution in [-0.4, -0.2) is 18.2 Å². The summed E-state index contributed by atoms with van der Waals surface area (Å²) in [6, 6.07) is 6.04. The molecule has 0 bridgehead atoms. The van der Waals surface area contributed by atoms with Crippen LogP contribution >= 0.6 is 45.8 Å². The summed E-state index contributed by atoms with van der Waals surface area (Å²) in [5, 5.41) is 2.28. The average molecular weight is 422 g/mol. The molecular formula is C15H14Cl2INO. The second kappa shape index (κ2) is 6.34. The maximum Gasteiger partial charge on any atom is 0.134 e. The maximum absolute atomic E-state index is 6.58. The third-order valence-corrected chi connectivity index (χ3v) is 5.18. The Morgan fingerprint density at radius 1 is 1.25 bits per heavy atom. The van der Waals surface area contributed by atoms with Gasteiger partial charge in [-0.15, -0.1) is 0 Å². The molecule has 1 aliphatic heterocycles. The van der Waals surface area contributed by atoms with E-state index in [-0.39, 0.29) is 0 Å². The summed E-state index contributed by atoms with van der Waals surface area (Å²) in [4.78, 5) is 4.49. The van der Waals surface area contributed by atoms with Crippen molar-refractivity contribution in [2.45, 2.75) is 19.3 Å². The third kappa shape index (κ3) is 3.06. The van der Waals surface area contributed by atoms with Crippen LogP contribution in [0.2, 0.25) is 10.2 Å². The predicted molar refractivity (Wildman–Crippen MR) is 91.7 cm³/mol. The molecule has 1 fully saturated rings. The van der Waals surface area contributed by atoms with E-state index in [1.165, 1.54) is 0 Å². The molecule has 1 aromatic heterocycles. The monoisotopic (exact) mass is 421 g/mol. The number of aromatic nitrogens is 1. The highest BCUT2D eigenvalue weighted by atomic mass is 127. The lowest BCUT2D eigenvalue weighted by atomic mass is 9.92. The van der Waals surface area contributed by atoms with Crippen molar-refractivity contribution in [3.8, 4) is 0 Å². The Morgan fingerprint density at radius 2 is 2.00 bits per heavy atom. The Morgan fingerprint density at radius 3 is 2.75 bits per heavy atom. The summed E-state index contributed by atoms with van der Waals surface area (Å²) in [7, 11) is 0. The van der Waals surface area contributed by atoms with Crippen LogP contribution in [0.1, 0.15) is 18.4 Å². The van der Waals surface area contributed by atoms with Gasteiger partial charge in [0.25, 0.3) is 0 Å². The molecule has 0 aliphatic carbocycles. The minimum atomic E-state index is 0.537. The normalized spacial score (nSPS) is 16.8. The van der Waals surface area contributed by atoms with Gasteiger partial charge in [-0.25, -0.2) is 4.98 Å². The van der Waals surface area contributed by atoms with Crippen LogP contribution < -0.4 is 0 Å². The predicted octanol–water partition coefficient (Wildman–Crippen LogP) is 5.12. The van der Waals surface area contributed by atoms with Crippen molar-refractivity contribution >= 4 is 56.7 Å². The van der Waals surface area contributed by atoms with E-state index in [4.69, 9.17) is 27.9 Å². The highest BCUT2D eigenvalue weighted by Gasteiger charge is 2.19. The Kier molecular flexibility index (Phi) is 4.70. The second-order valence-corrected chi connectivity index (χ2v) is 7.10. The van der Waals surface area contributed by atoms with Crippen LogP contribution in [0.25, 0.3) is 10.9 Å². The first kappa shape index (κ1) is 14.8. The van der Waals surface area contributed by atoms with Gasteiger partial charge in [0.05, 0.1) is 10.5 Å². The van der Waals surface area contributed by atoms with Gasteiger partial charge in [0.15, 0.2) is 0 Å². The van der Waals surface area contributed by atoms with Gasteiger partial charge >= 0.3 is 0 Å². The van der Waals surface area contributed by atoms with Gasteiger partial charge in [0, 0.05) is 27.7 Å². The molecule has 106 valence electrons. The standard InChI is InChI=1S/C15H14Cl2INO/c16-14-11-8-10(18)1-2-13(11)19-15(17)12(14)7-9-3-5-20-6-4-9/h1-2,8-9H,3-7H2. The van der Waals surface area contributed by atoms with Gasteiger partial charge in [-0.05, 0) is 66.0 Å². The van der Waals surface area contributed by atoms with Crippen molar-refractivity contribution in [2.75, 3.05) is 13.2 Å². The van der Waals surface area contributed by atoms with Crippen molar-refractivity contribution in [2.24, 2.45) is 5.92 Å². The Labute approximate surface area is 141 Å². The van der Waals surface area contributed by atoms with E-state index in [1.54, 1.807) is 0 Å². The first-order valence-electron chi connectivity index (χ1n) is 6.66. The summed E-state index contributed by atoms with van der Waals surface area (Å²) in [6.07, 6.45) is 3.02. The fourth-order valence-corrected chi connectivity index (χ4v) is 3.74. The first-order valence-corrected chi connectivity index (χ1v) is 8.49. The van der Waals surface area contributed by atoms with Crippen molar-refractivity contribution < 1.29 is 4.74 Å². The van der Waals surface area contributed by atoms with E-state index < -0.39 is 0 Å². The van der Waals surface area contributed by atoms with Gasteiger partial charge in [0.2, 0.25) is 0 Å². The minimum absolute atomic E-state index is 0.537. The molecule has 3 rings (SSSR count). The third-order valence-electron chi connectivity index (χ3n) is 3.76. The molecule has 0 spiro atoms. The molecule has 0 saturated carbocycles. The Balaban J connectivity index is 2.00. The van der Waals surface area contributed by atoms with Gasteiger partial charge in [-0.2, -0.15) is 0 Å². The molecule has 2 aromatic rings. The summed E-state index contributed by atoms with van der Waals surface area (Å²) in [6.45, 7) is 1.66. The quantitative estimate of drug-likeness (QED) is 0.496. The minimum Gasteiger partial charge on any atom is -0.381 e. The molecule has 0 N–H and O–H groups in total. The maximum atomic E-state index is 6.58.